The van der Waals surface area contributed by atoms with Gasteiger partial charge in [-0.2, -0.15) is 0 Å². The Labute approximate surface area is 124 Å². The highest BCUT2D eigenvalue weighted by Gasteiger charge is 2.15. The van der Waals surface area contributed by atoms with Gasteiger partial charge >= 0.3 is 0 Å². The van der Waals surface area contributed by atoms with Crippen molar-refractivity contribution >= 4 is 10.0 Å². The number of aromatic nitrogens is 1. The third-order valence-corrected chi connectivity index (χ3v) is 4.65. The van der Waals surface area contributed by atoms with Gasteiger partial charge in [-0.25, -0.2) is 13.1 Å². The van der Waals surface area contributed by atoms with Crippen molar-refractivity contribution in [1.82, 2.24) is 9.71 Å². The van der Waals surface area contributed by atoms with E-state index in [0.717, 1.165) is 17.5 Å². The smallest absolute Gasteiger partial charge is 0.240 e. The van der Waals surface area contributed by atoms with Crippen molar-refractivity contribution in [3.63, 3.8) is 0 Å². The van der Waals surface area contributed by atoms with Crippen LogP contribution in [0.5, 0.6) is 0 Å². The lowest BCUT2D eigenvalue weighted by Crippen LogP contribution is -2.23. The summed E-state index contributed by atoms with van der Waals surface area (Å²) in [5, 5.41) is 9.33. The first-order chi connectivity index (χ1) is 10.1. The average molecular weight is 306 g/mol. The van der Waals surface area contributed by atoms with Gasteiger partial charge in [0.15, 0.2) is 0 Å². The average Bonchev–Trinajstić information content (AvgIpc) is 2.53. The van der Waals surface area contributed by atoms with Gasteiger partial charge in [-0.05, 0) is 47.4 Å². The quantitative estimate of drug-likeness (QED) is 0.850. The summed E-state index contributed by atoms with van der Waals surface area (Å²) in [6.45, 7) is 2.00. The van der Waals surface area contributed by atoms with Crippen molar-refractivity contribution in [3.05, 3.63) is 59.4 Å². The molecule has 1 heterocycles. The van der Waals surface area contributed by atoms with E-state index in [-0.39, 0.29) is 18.0 Å². The van der Waals surface area contributed by atoms with Gasteiger partial charge in [0.1, 0.15) is 0 Å². The first-order valence-electron chi connectivity index (χ1n) is 6.68. The fourth-order valence-electron chi connectivity index (χ4n) is 2.02. The number of hydrogen-bond donors (Lipinski definition) is 2. The van der Waals surface area contributed by atoms with Crippen LogP contribution in [0, 0.1) is 0 Å². The Bertz CT molecular complexity index is 700. The predicted molar refractivity (Wildman–Crippen MR) is 80.0 cm³/mol. The molecule has 0 saturated heterocycles. The molecule has 0 saturated carbocycles. The molecule has 0 bridgehead atoms. The minimum atomic E-state index is -3.60. The Morgan fingerprint density at radius 3 is 2.48 bits per heavy atom. The van der Waals surface area contributed by atoms with Gasteiger partial charge in [-0.15, -0.1) is 0 Å². The number of aliphatic hydroxyl groups excluding tert-OH is 1. The van der Waals surface area contributed by atoms with Crippen LogP contribution in [-0.2, 0) is 29.6 Å². The first-order valence-corrected chi connectivity index (χ1v) is 8.16. The highest BCUT2D eigenvalue weighted by atomic mass is 32.2. The van der Waals surface area contributed by atoms with Gasteiger partial charge in [-0.3, -0.25) is 4.98 Å². The van der Waals surface area contributed by atoms with Crippen molar-refractivity contribution in [1.29, 1.82) is 0 Å². The topological polar surface area (TPSA) is 79.3 Å². The number of hydrogen-bond acceptors (Lipinski definition) is 4. The summed E-state index contributed by atoms with van der Waals surface area (Å²) in [5.41, 5.74) is 2.43. The summed E-state index contributed by atoms with van der Waals surface area (Å²) in [6.07, 6.45) is 3.98. The van der Waals surface area contributed by atoms with Gasteiger partial charge in [0.2, 0.25) is 10.0 Å². The normalized spacial score (nSPS) is 11.5. The van der Waals surface area contributed by atoms with E-state index in [4.69, 9.17) is 0 Å². The third kappa shape index (κ3) is 3.87. The zero-order chi connectivity index (χ0) is 15.3. The van der Waals surface area contributed by atoms with Crippen LogP contribution >= 0.6 is 0 Å². The number of benzene rings is 1. The molecule has 0 aliphatic heterocycles. The van der Waals surface area contributed by atoms with E-state index in [1.54, 1.807) is 36.7 Å². The van der Waals surface area contributed by atoms with Crippen molar-refractivity contribution in [3.8, 4) is 0 Å². The molecule has 0 amide bonds. The maximum absolute atomic E-state index is 12.3. The summed E-state index contributed by atoms with van der Waals surface area (Å²) in [5.74, 6) is 0. The molecule has 0 radical (unpaired) electrons. The molecule has 0 spiro atoms. The first kappa shape index (κ1) is 15.6. The number of aliphatic hydroxyl groups is 1. The SMILES string of the molecule is CCc1ccc(S(=O)(=O)NCc2ccncc2)cc1CO. The van der Waals surface area contributed by atoms with E-state index in [1.807, 2.05) is 6.92 Å². The van der Waals surface area contributed by atoms with Crippen molar-refractivity contribution in [2.45, 2.75) is 31.4 Å². The molecule has 5 nitrogen and oxygen atoms in total. The fraction of sp³-hybridized carbons (Fsp3) is 0.267. The van der Waals surface area contributed by atoms with E-state index in [0.29, 0.717) is 5.56 Å². The van der Waals surface area contributed by atoms with Gasteiger partial charge < -0.3 is 5.11 Å². The Morgan fingerprint density at radius 2 is 1.86 bits per heavy atom. The lowest BCUT2D eigenvalue weighted by Gasteiger charge is -2.10. The molecule has 21 heavy (non-hydrogen) atoms. The second-order valence-corrected chi connectivity index (χ2v) is 6.39. The zero-order valence-corrected chi connectivity index (χ0v) is 12.6. The number of sulfonamides is 1. The molecule has 0 atom stereocenters. The molecule has 2 rings (SSSR count). The molecular weight excluding hydrogens is 288 g/mol. The molecule has 0 aliphatic carbocycles. The highest BCUT2D eigenvalue weighted by molar-refractivity contribution is 7.89. The molecule has 0 fully saturated rings. The van der Waals surface area contributed by atoms with Crippen LogP contribution in [-0.4, -0.2) is 18.5 Å². The summed E-state index contributed by atoms with van der Waals surface area (Å²) >= 11 is 0. The van der Waals surface area contributed by atoms with E-state index < -0.39 is 10.0 Å². The maximum Gasteiger partial charge on any atom is 0.240 e. The zero-order valence-electron chi connectivity index (χ0n) is 11.8. The van der Waals surface area contributed by atoms with E-state index in [9.17, 15) is 13.5 Å². The van der Waals surface area contributed by atoms with Crippen LogP contribution in [0.3, 0.4) is 0 Å². The van der Waals surface area contributed by atoms with Crippen molar-refractivity contribution in [2.75, 3.05) is 0 Å². The third-order valence-electron chi connectivity index (χ3n) is 3.25. The Hall–Kier alpha value is -1.76. The van der Waals surface area contributed by atoms with Gasteiger partial charge in [0.05, 0.1) is 11.5 Å². The van der Waals surface area contributed by atoms with Crippen LogP contribution in [0.4, 0.5) is 0 Å². The van der Waals surface area contributed by atoms with Crippen LogP contribution in [0.1, 0.15) is 23.6 Å². The van der Waals surface area contributed by atoms with E-state index in [2.05, 4.69) is 9.71 Å². The Balaban J connectivity index is 2.19. The van der Waals surface area contributed by atoms with Crippen molar-refractivity contribution in [2.24, 2.45) is 0 Å². The highest BCUT2D eigenvalue weighted by Crippen LogP contribution is 2.17. The minimum absolute atomic E-state index is 0.165. The molecule has 2 aromatic rings. The largest absolute Gasteiger partial charge is 0.392 e. The second-order valence-electron chi connectivity index (χ2n) is 4.62. The molecular formula is C15H18N2O3S. The number of nitrogens with zero attached hydrogens (tertiary/aromatic N) is 1. The number of rotatable bonds is 6. The van der Waals surface area contributed by atoms with Crippen molar-refractivity contribution < 1.29 is 13.5 Å². The number of pyridine rings is 1. The second kappa shape index (κ2) is 6.80. The lowest BCUT2D eigenvalue weighted by molar-refractivity contribution is 0.280. The predicted octanol–water partition coefficient (Wildman–Crippen LogP) is 1.61. The molecule has 2 N–H and O–H groups in total. The molecule has 1 aromatic heterocycles. The molecule has 6 heteroatoms. The lowest BCUT2D eigenvalue weighted by atomic mass is 10.1. The van der Waals surface area contributed by atoms with E-state index >= 15 is 0 Å². The summed E-state index contributed by atoms with van der Waals surface area (Å²) in [7, 11) is -3.60. The van der Waals surface area contributed by atoms with Gasteiger partial charge in [0.25, 0.3) is 0 Å². The molecule has 1 aromatic carbocycles. The summed E-state index contributed by atoms with van der Waals surface area (Å²) in [6, 6.07) is 8.33. The number of nitrogens with one attached hydrogen (secondary N) is 1. The fourth-order valence-corrected chi connectivity index (χ4v) is 3.09. The molecule has 0 unspecified atom stereocenters. The van der Waals surface area contributed by atoms with Crippen LogP contribution < -0.4 is 4.72 Å². The number of aryl methyl sites for hydroxylation is 1. The minimum Gasteiger partial charge on any atom is -0.392 e. The maximum atomic E-state index is 12.3. The van der Waals surface area contributed by atoms with E-state index in [1.165, 1.54) is 6.07 Å². The molecule has 0 aliphatic rings. The van der Waals surface area contributed by atoms with Crippen LogP contribution in [0.15, 0.2) is 47.6 Å². The monoisotopic (exact) mass is 306 g/mol. The Morgan fingerprint density at radius 1 is 1.14 bits per heavy atom. The summed E-state index contributed by atoms with van der Waals surface area (Å²) in [4.78, 5) is 4.05. The van der Waals surface area contributed by atoms with Gasteiger partial charge in [0, 0.05) is 18.9 Å². The standard InChI is InChI=1S/C15H18N2O3S/c1-2-13-3-4-15(9-14(13)11-18)21(19,20)17-10-12-5-7-16-8-6-12/h3-9,17-18H,2,10-11H2,1H3. The van der Waals surface area contributed by atoms with Crippen LogP contribution in [0.25, 0.3) is 0 Å². The Kier molecular flexibility index (Phi) is 5.06. The van der Waals surface area contributed by atoms with Crippen LogP contribution in [0.2, 0.25) is 0 Å². The van der Waals surface area contributed by atoms with Gasteiger partial charge in [-0.1, -0.05) is 13.0 Å². The summed E-state index contributed by atoms with van der Waals surface area (Å²) < 4.78 is 27.1. The molecule has 112 valence electrons.